The van der Waals surface area contributed by atoms with Crippen molar-refractivity contribution in [3.8, 4) is 0 Å². The van der Waals surface area contributed by atoms with E-state index in [1.54, 1.807) is 13.0 Å². The van der Waals surface area contributed by atoms with Gasteiger partial charge in [-0.05, 0) is 20.3 Å². The first-order chi connectivity index (χ1) is 4.13. The van der Waals surface area contributed by atoms with Gasteiger partial charge in [-0.2, -0.15) is 0 Å². The van der Waals surface area contributed by atoms with E-state index < -0.39 is 0 Å². The summed E-state index contributed by atoms with van der Waals surface area (Å²) in [6, 6.07) is 0. The minimum absolute atomic E-state index is 0. The molecule has 0 saturated carbocycles. The maximum Gasteiger partial charge on any atom is 1.00 e. The fourth-order valence-corrected chi connectivity index (χ4v) is 0.461. The van der Waals surface area contributed by atoms with Gasteiger partial charge in [-0.1, -0.05) is 24.6 Å². The minimum atomic E-state index is 0. The number of rotatable bonds is 2. The predicted octanol–water partition coefficient (Wildman–Crippen LogP) is -1.39. The second-order valence-corrected chi connectivity index (χ2v) is 2.33. The van der Waals surface area contributed by atoms with E-state index in [4.69, 9.17) is 0 Å². The summed E-state index contributed by atoms with van der Waals surface area (Å²) >= 11 is 0. The first-order valence-electron chi connectivity index (χ1n) is 3.10. The van der Waals surface area contributed by atoms with E-state index in [-0.39, 0.29) is 24.6 Å². The summed E-state index contributed by atoms with van der Waals surface area (Å²) in [5.74, 6) is 0.146. The first-order valence-corrected chi connectivity index (χ1v) is 3.10. The van der Waals surface area contributed by atoms with Crippen LogP contribution in [0.1, 0.15) is 27.2 Å². The topological polar surface area (TPSA) is 23.1 Å². The summed E-state index contributed by atoms with van der Waals surface area (Å²) in [7, 11) is 0. The van der Waals surface area contributed by atoms with Gasteiger partial charge in [-0.15, -0.1) is 5.76 Å². The van der Waals surface area contributed by atoms with Gasteiger partial charge in [-0.3, -0.25) is 0 Å². The zero-order valence-electron chi connectivity index (χ0n) is 7.27. The van der Waals surface area contributed by atoms with E-state index in [1.807, 2.05) is 19.9 Å². The molecule has 0 heterocycles. The van der Waals surface area contributed by atoms with Crippen LogP contribution >= 0.6 is 0 Å². The Balaban J connectivity index is 0. The van der Waals surface area contributed by atoms with Crippen LogP contribution in [0.3, 0.4) is 0 Å². The fraction of sp³-hybridized carbons (Fsp3) is 0.500. The van der Waals surface area contributed by atoms with Crippen LogP contribution in [-0.2, 0) is 0 Å². The van der Waals surface area contributed by atoms with Crippen molar-refractivity contribution in [2.45, 2.75) is 27.2 Å². The van der Waals surface area contributed by atoms with Gasteiger partial charge in [0.2, 0.25) is 0 Å². The summed E-state index contributed by atoms with van der Waals surface area (Å²) in [5.41, 5.74) is 1.26. The summed E-state index contributed by atoms with van der Waals surface area (Å²) in [6.07, 6.45) is 4.48. The molecule has 0 aromatic heterocycles. The number of allylic oxidation sites excluding steroid dienone is 4. The summed E-state index contributed by atoms with van der Waals surface area (Å²) < 4.78 is 0. The Kier molecular flexibility index (Phi) is 8.77. The molecule has 0 radical (unpaired) electrons. The molecule has 0 aromatic carbocycles. The third-order valence-corrected chi connectivity index (χ3v) is 0.931. The van der Waals surface area contributed by atoms with Gasteiger partial charge in [0.15, 0.2) is 0 Å². The second kappa shape index (κ2) is 6.99. The van der Waals surface area contributed by atoms with Crippen molar-refractivity contribution in [2.24, 2.45) is 0 Å². The van der Waals surface area contributed by atoms with Crippen LogP contribution < -0.4 is 24.0 Å². The van der Waals surface area contributed by atoms with Crippen LogP contribution in [0.2, 0.25) is 0 Å². The molecular weight excluding hydrogens is 119 g/mol. The molecule has 0 aliphatic heterocycles. The third kappa shape index (κ3) is 10.8. The predicted molar refractivity (Wildman–Crippen MR) is 37.8 cm³/mol. The quantitative estimate of drug-likeness (QED) is 0.258. The van der Waals surface area contributed by atoms with Gasteiger partial charge in [0.25, 0.3) is 0 Å². The van der Waals surface area contributed by atoms with Crippen LogP contribution in [0.4, 0.5) is 0 Å². The van der Waals surface area contributed by atoms with Gasteiger partial charge >= 0.3 is 18.9 Å². The Labute approximate surface area is 75.0 Å². The van der Waals surface area contributed by atoms with Crippen LogP contribution in [0.5, 0.6) is 0 Å². The minimum Gasteiger partial charge on any atom is -0.876 e. The van der Waals surface area contributed by atoms with Crippen molar-refractivity contribution < 1.29 is 24.0 Å². The summed E-state index contributed by atoms with van der Waals surface area (Å²) in [6.45, 7) is 5.61. The molecule has 0 saturated heterocycles. The zero-order valence-corrected chi connectivity index (χ0v) is 7.27. The summed E-state index contributed by atoms with van der Waals surface area (Å²) in [5, 5.41) is 10.3. The van der Waals surface area contributed by atoms with Crippen molar-refractivity contribution in [1.82, 2.24) is 0 Å². The van der Waals surface area contributed by atoms with E-state index in [2.05, 4.69) is 0 Å². The molecule has 0 aliphatic rings. The smallest absolute Gasteiger partial charge is 0.876 e. The summed E-state index contributed by atoms with van der Waals surface area (Å²) in [4.78, 5) is 0. The second-order valence-electron chi connectivity index (χ2n) is 2.33. The van der Waals surface area contributed by atoms with Crippen molar-refractivity contribution in [3.63, 3.8) is 0 Å². The average Bonchev–Trinajstić information content (AvgIpc) is 1.63. The SMILES string of the molecule is CC(C)=CC/C=C(/C)[O-].[Li+]. The fourth-order valence-electron chi connectivity index (χ4n) is 0.461. The Bertz CT molecular complexity index is 112. The zero-order chi connectivity index (χ0) is 7.28. The van der Waals surface area contributed by atoms with Crippen LogP contribution in [0.15, 0.2) is 23.5 Å². The van der Waals surface area contributed by atoms with Crippen LogP contribution in [-0.4, -0.2) is 0 Å². The first kappa shape index (κ1) is 12.5. The molecule has 0 fully saturated rings. The molecule has 0 spiro atoms. The maximum absolute atomic E-state index is 10.3. The molecule has 0 aliphatic carbocycles. The van der Waals surface area contributed by atoms with E-state index in [9.17, 15) is 5.11 Å². The average molecular weight is 132 g/mol. The molecule has 1 nitrogen and oxygen atoms in total. The van der Waals surface area contributed by atoms with E-state index >= 15 is 0 Å². The molecule has 0 unspecified atom stereocenters. The number of hydrogen-bond donors (Lipinski definition) is 0. The van der Waals surface area contributed by atoms with Crippen molar-refractivity contribution in [3.05, 3.63) is 23.5 Å². The van der Waals surface area contributed by atoms with Gasteiger partial charge in [0, 0.05) is 0 Å². The Morgan fingerprint density at radius 2 is 1.70 bits per heavy atom. The van der Waals surface area contributed by atoms with Gasteiger partial charge in [0.1, 0.15) is 0 Å². The van der Waals surface area contributed by atoms with Crippen molar-refractivity contribution in [2.75, 3.05) is 0 Å². The molecule has 0 aromatic rings. The molecule has 2 heteroatoms. The third-order valence-electron chi connectivity index (χ3n) is 0.931. The van der Waals surface area contributed by atoms with Crippen molar-refractivity contribution in [1.29, 1.82) is 0 Å². The van der Waals surface area contributed by atoms with Crippen LogP contribution in [0, 0.1) is 0 Å². The van der Waals surface area contributed by atoms with Crippen molar-refractivity contribution >= 4 is 0 Å². The van der Waals surface area contributed by atoms with Gasteiger partial charge in [0.05, 0.1) is 0 Å². The molecule has 52 valence electrons. The molecule has 0 N–H and O–H groups in total. The maximum atomic E-state index is 10.3. The normalized spacial score (nSPS) is 10.1. The van der Waals surface area contributed by atoms with Gasteiger partial charge < -0.3 is 5.11 Å². The van der Waals surface area contributed by atoms with Gasteiger partial charge in [-0.25, -0.2) is 0 Å². The van der Waals surface area contributed by atoms with E-state index in [0.29, 0.717) is 0 Å². The van der Waals surface area contributed by atoms with Crippen LogP contribution in [0.25, 0.3) is 0 Å². The Hall–Kier alpha value is -0.123. The molecule has 0 bridgehead atoms. The van der Waals surface area contributed by atoms with E-state index in [1.165, 1.54) is 5.57 Å². The monoisotopic (exact) mass is 132 g/mol. The van der Waals surface area contributed by atoms with E-state index in [0.717, 1.165) is 6.42 Å². The molecule has 10 heavy (non-hydrogen) atoms. The Morgan fingerprint density at radius 1 is 1.20 bits per heavy atom. The standard InChI is InChI=1S/C8H14O.Li/c1-7(2)5-4-6-8(3)9;/h5-6,9H,4H2,1-3H3;/q;+1/p-1/b8-6-;. The molecule has 0 atom stereocenters. The molecular formula is C8H13LiO. The molecule has 0 amide bonds. The molecule has 0 rings (SSSR count). The Morgan fingerprint density at radius 3 is 2.00 bits per heavy atom. The largest absolute Gasteiger partial charge is 1.00 e. The number of hydrogen-bond acceptors (Lipinski definition) is 1.